The number of phosphoric ester groups is 1. The Balaban J connectivity index is 2.75. The second-order valence-corrected chi connectivity index (χ2v) is 8.57. The first-order chi connectivity index (χ1) is 8.39. The maximum absolute atomic E-state index is 12.7. The highest BCUT2D eigenvalue weighted by Crippen LogP contribution is 2.58. The second-order valence-electron chi connectivity index (χ2n) is 7.05. The van der Waals surface area contributed by atoms with Crippen molar-refractivity contribution < 1.29 is 18.1 Å². The van der Waals surface area contributed by atoms with Gasteiger partial charge < -0.3 is 0 Å². The molecule has 0 N–H and O–H groups in total. The lowest BCUT2D eigenvalue weighted by molar-refractivity contribution is -0.0000587. The molecule has 0 aliphatic heterocycles. The quantitative estimate of drug-likeness (QED) is 0.563. The Morgan fingerprint density at radius 2 is 1.53 bits per heavy atom. The molecule has 110 valence electrons. The van der Waals surface area contributed by atoms with E-state index in [0.29, 0.717) is 0 Å². The molecule has 0 bridgehead atoms. The second kappa shape index (κ2) is 5.22. The minimum atomic E-state index is -3.63. The van der Waals surface area contributed by atoms with Crippen molar-refractivity contribution in [3.8, 4) is 12.3 Å². The van der Waals surface area contributed by atoms with Gasteiger partial charge in [0.1, 0.15) is 0 Å². The van der Waals surface area contributed by atoms with E-state index >= 15 is 0 Å². The largest absolute Gasteiger partial charge is 0.475 e. The summed E-state index contributed by atoms with van der Waals surface area (Å²) in [5, 5.41) is 0. The van der Waals surface area contributed by atoms with Gasteiger partial charge in [0.25, 0.3) is 0 Å². The topological polar surface area (TPSA) is 44.8 Å². The third-order valence-electron chi connectivity index (χ3n) is 2.43. The van der Waals surface area contributed by atoms with Gasteiger partial charge in [-0.2, -0.15) is 0 Å². The molecule has 0 spiro atoms. The predicted octanol–water partition coefficient (Wildman–Crippen LogP) is 4.15. The minimum Gasteiger partial charge on any atom is -0.285 e. The molecule has 0 aromatic carbocycles. The standard InChI is InChI=1S/C14H25O4P/c1-8-14(9-10-14)11-16-19(15,17-12(2,3)4)18-13(5,6)7/h1H,9-11H2,2-7H3. The fourth-order valence-corrected chi connectivity index (χ4v) is 3.32. The molecule has 0 amide bonds. The van der Waals surface area contributed by atoms with Gasteiger partial charge >= 0.3 is 7.82 Å². The first kappa shape index (κ1) is 16.7. The lowest BCUT2D eigenvalue weighted by Gasteiger charge is -2.31. The monoisotopic (exact) mass is 288 g/mol. The van der Waals surface area contributed by atoms with Gasteiger partial charge in [-0.3, -0.25) is 13.6 Å². The number of rotatable bonds is 5. The third-order valence-corrected chi connectivity index (χ3v) is 4.42. The Labute approximate surface area is 116 Å². The molecule has 4 nitrogen and oxygen atoms in total. The van der Waals surface area contributed by atoms with Crippen LogP contribution in [0.2, 0.25) is 0 Å². The van der Waals surface area contributed by atoms with Crippen LogP contribution in [0.4, 0.5) is 0 Å². The zero-order valence-corrected chi connectivity index (χ0v) is 13.7. The molecule has 0 unspecified atom stereocenters. The maximum Gasteiger partial charge on any atom is 0.475 e. The molecular weight excluding hydrogens is 263 g/mol. The van der Waals surface area contributed by atoms with Crippen LogP contribution < -0.4 is 0 Å². The third kappa shape index (κ3) is 6.10. The zero-order chi connectivity index (χ0) is 14.9. The van der Waals surface area contributed by atoms with Crippen molar-refractivity contribution in [1.82, 2.24) is 0 Å². The van der Waals surface area contributed by atoms with E-state index in [4.69, 9.17) is 20.0 Å². The van der Waals surface area contributed by atoms with Crippen LogP contribution in [0.25, 0.3) is 0 Å². The molecule has 0 heterocycles. The summed E-state index contributed by atoms with van der Waals surface area (Å²) in [6.07, 6.45) is 7.25. The van der Waals surface area contributed by atoms with E-state index < -0.39 is 19.0 Å². The van der Waals surface area contributed by atoms with Crippen molar-refractivity contribution in [3.63, 3.8) is 0 Å². The summed E-state index contributed by atoms with van der Waals surface area (Å²) < 4.78 is 29.2. The lowest BCUT2D eigenvalue weighted by atomic mass is 10.1. The molecular formula is C14H25O4P. The molecule has 1 aliphatic carbocycles. The normalized spacial score (nSPS) is 19.0. The van der Waals surface area contributed by atoms with Crippen molar-refractivity contribution in [2.45, 2.75) is 65.6 Å². The lowest BCUT2D eigenvalue weighted by Crippen LogP contribution is -2.25. The number of hydrogen-bond acceptors (Lipinski definition) is 4. The molecule has 1 fully saturated rings. The molecule has 19 heavy (non-hydrogen) atoms. The van der Waals surface area contributed by atoms with Crippen LogP contribution in [0.5, 0.6) is 0 Å². The van der Waals surface area contributed by atoms with Crippen LogP contribution in [0.3, 0.4) is 0 Å². The van der Waals surface area contributed by atoms with Crippen molar-refractivity contribution >= 4 is 7.82 Å². The highest BCUT2D eigenvalue weighted by molar-refractivity contribution is 7.48. The Morgan fingerprint density at radius 3 is 1.79 bits per heavy atom. The predicted molar refractivity (Wildman–Crippen MR) is 75.7 cm³/mol. The fraction of sp³-hybridized carbons (Fsp3) is 0.857. The summed E-state index contributed by atoms with van der Waals surface area (Å²) >= 11 is 0. The SMILES string of the molecule is C#CC1(COP(=O)(OC(C)(C)C)OC(C)(C)C)CC1. The molecule has 1 saturated carbocycles. The Bertz CT molecular complexity index is 385. The van der Waals surface area contributed by atoms with Gasteiger partial charge in [-0.05, 0) is 54.4 Å². The molecule has 0 aromatic heterocycles. The smallest absolute Gasteiger partial charge is 0.285 e. The summed E-state index contributed by atoms with van der Waals surface area (Å²) in [6.45, 7) is 11.1. The van der Waals surface area contributed by atoms with Crippen molar-refractivity contribution in [2.24, 2.45) is 5.41 Å². The van der Waals surface area contributed by atoms with E-state index in [9.17, 15) is 4.57 Å². The van der Waals surface area contributed by atoms with E-state index in [1.165, 1.54) is 0 Å². The van der Waals surface area contributed by atoms with Gasteiger partial charge in [-0.15, -0.1) is 6.42 Å². The number of hydrogen-bond donors (Lipinski definition) is 0. The van der Waals surface area contributed by atoms with Crippen LogP contribution in [0.15, 0.2) is 0 Å². The molecule has 0 radical (unpaired) electrons. The van der Waals surface area contributed by atoms with E-state index in [2.05, 4.69) is 5.92 Å². The summed E-state index contributed by atoms with van der Waals surface area (Å²) in [4.78, 5) is 0. The van der Waals surface area contributed by atoms with Gasteiger partial charge in [0.15, 0.2) is 0 Å². The number of phosphoric acid groups is 1. The summed E-state index contributed by atoms with van der Waals surface area (Å²) in [5.41, 5.74) is -1.51. The molecule has 1 aliphatic rings. The highest BCUT2D eigenvalue weighted by atomic mass is 31.2. The van der Waals surface area contributed by atoms with Crippen molar-refractivity contribution in [3.05, 3.63) is 0 Å². The first-order valence-electron chi connectivity index (χ1n) is 6.53. The van der Waals surface area contributed by atoms with Gasteiger partial charge in [0, 0.05) is 0 Å². The maximum atomic E-state index is 12.7. The van der Waals surface area contributed by atoms with Gasteiger partial charge in [0.2, 0.25) is 0 Å². The van der Waals surface area contributed by atoms with Gasteiger partial charge in [-0.1, -0.05) is 5.92 Å². The molecule has 0 saturated heterocycles. The zero-order valence-electron chi connectivity index (χ0n) is 12.8. The Hall–Kier alpha value is -0.330. The average molecular weight is 288 g/mol. The van der Waals surface area contributed by atoms with Gasteiger partial charge in [0.05, 0.1) is 23.2 Å². The van der Waals surface area contributed by atoms with Gasteiger partial charge in [-0.25, -0.2) is 4.57 Å². The summed E-state index contributed by atoms with van der Waals surface area (Å²) in [5.74, 6) is 2.69. The molecule has 0 atom stereocenters. The van der Waals surface area contributed by atoms with Crippen LogP contribution in [0, 0.1) is 17.8 Å². The van der Waals surface area contributed by atoms with Crippen LogP contribution in [0.1, 0.15) is 54.4 Å². The van der Waals surface area contributed by atoms with E-state index in [1.807, 2.05) is 41.5 Å². The summed E-state index contributed by atoms with van der Waals surface area (Å²) in [7, 11) is -3.63. The Kier molecular flexibility index (Phi) is 4.59. The first-order valence-corrected chi connectivity index (χ1v) is 7.99. The molecule has 1 rings (SSSR count). The fourth-order valence-electron chi connectivity index (χ4n) is 1.43. The minimum absolute atomic E-state index is 0.215. The van der Waals surface area contributed by atoms with Crippen LogP contribution >= 0.6 is 7.82 Å². The van der Waals surface area contributed by atoms with E-state index in [0.717, 1.165) is 12.8 Å². The van der Waals surface area contributed by atoms with Crippen molar-refractivity contribution in [1.29, 1.82) is 0 Å². The van der Waals surface area contributed by atoms with E-state index in [1.54, 1.807) is 0 Å². The molecule has 5 heteroatoms. The van der Waals surface area contributed by atoms with Crippen LogP contribution in [-0.2, 0) is 18.1 Å². The molecule has 0 aromatic rings. The van der Waals surface area contributed by atoms with Crippen molar-refractivity contribution in [2.75, 3.05) is 6.61 Å². The Morgan fingerprint density at radius 1 is 1.11 bits per heavy atom. The summed E-state index contributed by atoms with van der Waals surface area (Å²) in [6, 6.07) is 0. The number of terminal acetylenes is 1. The highest BCUT2D eigenvalue weighted by Gasteiger charge is 2.45. The van der Waals surface area contributed by atoms with E-state index in [-0.39, 0.29) is 12.0 Å². The average Bonchev–Trinajstić information content (AvgIpc) is 2.89. The van der Waals surface area contributed by atoms with Crippen LogP contribution in [-0.4, -0.2) is 17.8 Å².